The van der Waals surface area contributed by atoms with Crippen LogP contribution in [0.3, 0.4) is 0 Å². The quantitative estimate of drug-likeness (QED) is 0.215. The Bertz CT molecular complexity index is 1320. The van der Waals surface area contributed by atoms with E-state index in [1.165, 1.54) is 50.0 Å². The zero-order chi connectivity index (χ0) is 31.7. The van der Waals surface area contributed by atoms with E-state index in [1.807, 2.05) is 47.6 Å². The minimum absolute atomic E-state index is 0.654. The van der Waals surface area contributed by atoms with Crippen LogP contribution in [-0.2, 0) is 19.4 Å². The van der Waals surface area contributed by atoms with Gasteiger partial charge in [-0.3, -0.25) is 0 Å². The summed E-state index contributed by atoms with van der Waals surface area (Å²) in [5.74, 6) is 0.654. The highest BCUT2D eigenvalue weighted by Crippen LogP contribution is 2.29. The lowest BCUT2D eigenvalue weighted by atomic mass is 10.0. The second kappa shape index (κ2) is 20.2. The van der Waals surface area contributed by atoms with E-state index in [-0.39, 0.29) is 0 Å². The number of benzene rings is 3. The van der Waals surface area contributed by atoms with Gasteiger partial charge in [-0.15, -0.1) is 0 Å². The van der Waals surface area contributed by atoms with Gasteiger partial charge in [0, 0.05) is 28.2 Å². The lowest BCUT2D eigenvalue weighted by Gasteiger charge is -2.11. The van der Waals surface area contributed by atoms with E-state index in [9.17, 15) is 0 Å². The van der Waals surface area contributed by atoms with Gasteiger partial charge in [0.2, 0.25) is 0 Å². The molecule has 2 heteroatoms. The Balaban J connectivity index is 0.000000789. The van der Waals surface area contributed by atoms with E-state index in [1.54, 1.807) is 0 Å². The monoisotopic (exact) mass is 575 g/mol. The molecule has 0 N–H and O–H groups in total. The molecule has 0 radical (unpaired) electrons. The molecule has 226 valence electrons. The van der Waals surface area contributed by atoms with Crippen molar-refractivity contribution in [1.29, 1.82) is 0 Å². The third-order valence-corrected chi connectivity index (χ3v) is 7.36. The van der Waals surface area contributed by atoms with Crippen molar-refractivity contribution < 1.29 is 0 Å². The van der Waals surface area contributed by atoms with Crippen molar-refractivity contribution in [2.45, 2.75) is 115 Å². The van der Waals surface area contributed by atoms with Gasteiger partial charge in [-0.25, -0.2) is 0 Å². The molecule has 0 fully saturated rings. The van der Waals surface area contributed by atoms with Crippen LogP contribution >= 0.6 is 11.6 Å². The summed E-state index contributed by atoms with van der Waals surface area (Å²) in [6, 6.07) is 21.8. The first-order chi connectivity index (χ1) is 19.7. The molecule has 0 saturated carbocycles. The maximum absolute atomic E-state index is 6.26. The van der Waals surface area contributed by atoms with Crippen molar-refractivity contribution >= 4 is 28.1 Å². The predicted molar refractivity (Wildman–Crippen MR) is 190 cm³/mol. The number of halogens is 1. The summed E-state index contributed by atoms with van der Waals surface area (Å²) in [4.78, 5) is 0. The first-order valence-electron chi connectivity index (χ1n) is 15.8. The standard InChI is InChI=1S/C22H24ClN.C11H16.3C2H6/c1-6-18-11-17(7-9-21(18)23)13-24-16(5)15(4)20-12-19(14(2)3)8-10-22(20)24;1-4-10-6-5-7-11(8-10)9(2)3;3*1-2/h7-12H,2,6,13H2,1,3-5H3;5-9H,4H2,1-3H3;3*1-2H3. The highest BCUT2D eigenvalue weighted by molar-refractivity contribution is 6.31. The van der Waals surface area contributed by atoms with Crippen LogP contribution in [-0.4, -0.2) is 4.57 Å². The van der Waals surface area contributed by atoms with Crippen molar-refractivity contribution in [2.75, 3.05) is 0 Å². The van der Waals surface area contributed by atoms with Crippen LogP contribution in [0.4, 0.5) is 0 Å². The van der Waals surface area contributed by atoms with Gasteiger partial charge in [0.1, 0.15) is 0 Å². The molecule has 0 aliphatic heterocycles. The van der Waals surface area contributed by atoms with E-state index in [0.717, 1.165) is 30.0 Å². The molecule has 0 bridgehead atoms. The molecule has 4 aromatic rings. The smallest absolute Gasteiger partial charge is 0.0488 e. The molecule has 1 heterocycles. The van der Waals surface area contributed by atoms with Crippen molar-refractivity contribution in [3.8, 4) is 0 Å². The van der Waals surface area contributed by atoms with Crippen molar-refractivity contribution in [2.24, 2.45) is 0 Å². The van der Waals surface area contributed by atoms with Gasteiger partial charge in [0.15, 0.2) is 0 Å². The van der Waals surface area contributed by atoms with Gasteiger partial charge >= 0.3 is 0 Å². The van der Waals surface area contributed by atoms with Crippen molar-refractivity contribution in [3.05, 3.63) is 111 Å². The van der Waals surface area contributed by atoms with Crippen molar-refractivity contribution in [1.82, 2.24) is 4.57 Å². The van der Waals surface area contributed by atoms with Gasteiger partial charge in [0.05, 0.1) is 0 Å². The molecule has 0 spiro atoms. The molecule has 3 aromatic carbocycles. The third kappa shape index (κ3) is 10.9. The van der Waals surface area contributed by atoms with Crippen LogP contribution < -0.4 is 0 Å². The first kappa shape index (κ1) is 38.2. The second-order valence-corrected chi connectivity index (χ2v) is 10.2. The van der Waals surface area contributed by atoms with Crippen LogP contribution in [0, 0.1) is 13.8 Å². The minimum atomic E-state index is 0.654. The lowest BCUT2D eigenvalue weighted by molar-refractivity contribution is 0.799. The SMILES string of the molecule is C=C(C)c1ccc2c(c1)c(C)c(C)n2Cc1ccc(Cl)c(CC)c1.CC.CC.CC.CCc1cccc(C(C)C)c1. The number of aromatic nitrogens is 1. The van der Waals surface area contributed by atoms with Gasteiger partial charge in [-0.2, -0.15) is 0 Å². The maximum Gasteiger partial charge on any atom is 0.0488 e. The third-order valence-electron chi connectivity index (χ3n) is 6.99. The summed E-state index contributed by atoms with van der Waals surface area (Å²) in [7, 11) is 0. The number of hydrogen-bond donors (Lipinski definition) is 0. The van der Waals surface area contributed by atoms with Crippen molar-refractivity contribution in [3.63, 3.8) is 0 Å². The van der Waals surface area contributed by atoms with Gasteiger partial charge < -0.3 is 4.57 Å². The summed E-state index contributed by atoms with van der Waals surface area (Å²) >= 11 is 6.26. The topological polar surface area (TPSA) is 4.93 Å². The van der Waals surface area contributed by atoms with Crippen LogP contribution in [0.5, 0.6) is 0 Å². The molecule has 1 aromatic heterocycles. The van der Waals surface area contributed by atoms with E-state index >= 15 is 0 Å². The fourth-order valence-corrected chi connectivity index (χ4v) is 4.72. The Labute approximate surface area is 258 Å². The maximum atomic E-state index is 6.26. The molecule has 0 aliphatic carbocycles. The summed E-state index contributed by atoms with van der Waals surface area (Å²) in [5, 5.41) is 2.18. The molecule has 0 atom stereocenters. The van der Waals surface area contributed by atoms with Crippen LogP contribution in [0.2, 0.25) is 5.02 Å². The summed E-state index contributed by atoms with van der Waals surface area (Å²) in [5.41, 5.74) is 11.7. The summed E-state index contributed by atoms with van der Waals surface area (Å²) in [6.45, 7) is 32.2. The Hall–Kier alpha value is -2.77. The fourth-order valence-electron chi connectivity index (χ4n) is 4.47. The average Bonchev–Trinajstić information content (AvgIpc) is 3.25. The Morgan fingerprint density at radius 1 is 0.805 bits per heavy atom. The number of hydrogen-bond acceptors (Lipinski definition) is 0. The lowest BCUT2D eigenvalue weighted by Crippen LogP contribution is -2.02. The van der Waals surface area contributed by atoms with Crippen LogP contribution in [0.25, 0.3) is 16.5 Å². The van der Waals surface area contributed by atoms with Gasteiger partial charge in [-0.1, -0.05) is 135 Å². The molecule has 0 saturated heterocycles. The Morgan fingerprint density at radius 3 is 1.98 bits per heavy atom. The molecular weight excluding hydrogens is 518 g/mol. The number of aryl methyl sites for hydroxylation is 3. The van der Waals surface area contributed by atoms with Crippen LogP contribution in [0.15, 0.2) is 67.2 Å². The summed E-state index contributed by atoms with van der Waals surface area (Å²) < 4.78 is 2.40. The molecule has 4 rings (SSSR count). The Morgan fingerprint density at radius 2 is 1.44 bits per heavy atom. The normalized spacial score (nSPS) is 9.83. The number of fused-ring (bicyclic) bond motifs is 1. The Kier molecular flexibility index (Phi) is 18.8. The largest absolute Gasteiger partial charge is 0.340 e. The molecule has 41 heavy (non-hydrogen) atoms. The second-order valence-electron chi connectivity index (χ2n) is 9.84. The zero-order valence-electron chi connectivity index (χ0n) is 28.5. The minimum Gasteiger partial charge on any atom is -0.340 e. The highest BCUT2D eigenvalue weighted by Gasteiger charge is 2.12. The number of allylic oxidation sites excluding steroid dienone is 1. The molecule has 0 unspecified atom stereocenters. The van der Waals surface area contributed by atoms with Gasteiger partial charge in [0.25, 0.3) is 0 Å². The first-order valence-corrected chi connectivity index (χ1v) is 16.1. The van der Waals surface area contributed by atoms with E-state index in [0.29, 0.717) is 5.92 Å². The number of rotatable bonds is 6. The number of nitrogens with zero attached hydrogens (tertiary/aromatic N) is 1. The average molecular weight is 576 g/mol. The van der Waals surface area contributed by atoms with E-state index < -0.39 is 0 Å². The summed E-state index contributed by atoms with van der Waals surface area (Å²) in [6.07, 6.45) is 2.10. The predicted octanol–water partition coefficient (Wildman–Crippen LogP) is 13.0. The van der Waals surface area contributed by atoms with Crippen LogP contribution in [0.1, 0.15) is 121 Å². The van der Waals surface area contributed by atoms with Gasteiger partial charge in [-0.05, 0) is 91.1 Å². The highest BCUT2D eigenvalue weighted by atomic mass is 35.5. The van der Waals surface area contributed by atoms with E-state index in [4.69, 9.17) is 11.6 Å². The molecule has 1 nitrogen and oxygen atoms in total. The fraction of sp³-hybridized carbons (Fsp3) is 0.436. The molecular formula is C39H58ClN. The van der Waals surface area contributed by atoms with E-state index in [2.05, 4.69) is 114 Å². The molecule has 0 aliphatic rings. The zero-order valence-corrected chi connectivity index (χ0v) is 29.3. The molecule has 0 amide bonds.